The van der Waals surface area contributed by atoms with Crippen molar-refractivity contribution in [2.45, 2.75) is 64.7 Å². The molecule has 14 heavy (non-hydrogen) atoms. The summed E-state index contributed by atoms with van der Waals surface area (Å²) in [5, 5.41) is 8.58. The lowest BCUT2D eigenvalue weighted by Gasteiger charge is -1.96. The minimum atomic E-state index is 0.354. The fraction of sp³-hybridized carbons (Fsp3) is 0.846. The van der Waals surface area contributed by atoms with E-state index in [1.54, 1.807) is 0 Å². The molecule has 0 unspecified atom stereocenters. The lowest BCUT2D eigenvalue weighted by molar-refractivity contribution is 0.282. The van der Waals surface area contributed by atoms with Gasteiger partial charge in [-0.2, -0.15) is 0 Å². The third-order valence-corrected chi connectivity index (χ3v) is 2.42. The average Bonchev–Trinajstić information content (AvgIpc) is 2.21. The Balaban J connectivity index is 2.96. The molecule has 0 amide bonds. The second-order valence-electron chi connectivity index (χ2n) is 3.89. The topological polar surface area (TPSA) is 20.2 Å². The maximum absolute atomic E-state index is 8.58. The van der Waals surface area contributed by atoms with E-state index in [1.165, 1.54) is 51.4 Å². The van der Waals surface area contributed by atoms with Crippen LogP contribution in [0.1, 0.15) is 64.7 Å². The van der Waals surface area contributed by atoms with E-state index in [9.17, 15) is 0 Å². The van der Waals surface area contributed by atoms with Crippen molar-refractivity contribution >= 4 is 0 Å². The summed E-state index contributed by atoms with van der Waals surface area (Å²) in [6, 6.07) is 0. The number of hydrogen-bond donors (Lipinski definition) is 1. The molecule has 0 atom stereocenters. The Hall–Kier alpha value is -0.300. The van der Waals surface area contributed by atoms with Gasteiger partial charge in [-0.3, -0.25) is 0 Å². The lowest BCUT2D eigenvalue weighted by Crippen LogP contribution is -1.82. The molecule has 0 heterocycles. The van der Waals surface area contributed by atoms with Crippen LogP contribution in [0.25, 0.3) is 0 Å². The van der Waals surface area contributed by atoms with Gasteiger partial charge in [0.15, 0.2) is 0 Å². The van der Waals surface area contributed by atoms with E-state index in [0.717, 1.165) is 6.42 Å². The Kier molecular flexibility index (Phi) is 12.4. The van der Waals surface area contributed by atoms with Crippen LogP contribution in [-0.2, 0) is 0 Å². The predicted molar refractivity (Wildman–Crippen MR) is 63.5 cm³/mol. The first-order valence-corrected chi connectivity index (χ1v) is 6.17. The van der Waals surface area contributed by atoms with Crippen molar-refractivity contribution in [1.82, 2.24) is 0 Å². The van der Waals surface area contributed by atoms with E-state index in [4.69, 9.17) is 5.11 Å². The molecule has 1 nitrogen and oxygen atoms in total. The van der Waals surface area contributed by atoms with E-state index in [-0.39, 0.29) is 0 Å². The van der Waals surface area contributed by atoms with Crippen LogP contribution in [0, 0.1) is 0 Å². The lowest BCUT2D eigenvalue weighted by atomic mass is 10.1. The maximum atomic E-state index is 8.58. The zero-order valence-corrected chi connectivity index (χ0v) is 9.67. The number of allylic oxidation sites excluding steroid dienone is 2. The van der Waals surface area contributed by atoms with Gasteiger partial charge >= 0.3 is 0 Å². The van der Waals surface area contributed by atoms with E-state index >= 15 is 0 Å². The molecule has 0 rings (SSSR count). The number of hydrogen-bond acceptors (Lipinski definition) is 1. The summed E-state index contributed by atoms with van der Waals surface area (Å²) in [7, 11) is 0. The van der Waals surface area contributed by atoms with Crippen molar-refractivity contribution in [3.05, 3.63) is 12.2 Å². The van der Waals surface area contributed by atoms with Crippen LogP contribution in [0.3, 0.4) is 0 Å². The van der Waals surface area contributed by atoms with E-state index in [2.05, 4.69) is 19.1 Å². The average molecular weight is 198 g/mol. The van der Waals surface area contributed by atoms with Gasteiger partial charge in [0.25, 0.3) is 0 Å². The fourth-order valence-corrected chi connectivity index (χ4v) is 1.48. The van der Waals surface area contributed by atoms with Crippen LogP contribution in [-0.4, -0.2) is 11.7 Å². The second kappa shape index (κ2) is 12.7. The molecule has 0 aromatic rings. The molecule has 0 saturated carbocycles. The summed E-state index contributed by atoms with van der Waals surface area (Å²) >= 11 is 0. The Morgan fingerprint density at radius 3 is 1.93 bits per heavy atom. The number of aliphatic hydroxyl groups excluding tert-OH is 1. The second-order valence-corrected chi connectivity index (χ2v) is 3.89. The molecule has 1 heteroatoms. The van der Waals surface area contributed by atoms with Crippen molar-refractivity contribution in [2.75, 3.05) is 6.61 Å². The van der Waals surface area contributed by atoms with Crippen LogP contribution in [0.2, 0.25) is 0 Å². The molecule has 0 aliphatic rings. The highest BCUT2D eigenvalue weighted by molar-refractivity contribution is 4.81. The van der Waals surface area contributed by atoms with E-state index < -0.39 is 0 Å². The molecule has 0 fully saturated rings. The molecule has 0 spiro atoms. The molecular weight excluding hydrogens is 172 g/mol. The molecule has 0 radical (unpaired) electrons. The van der Waals surface area contributed by atoms with Gasteiger partial charge in [-0.15, -0.1) is 0 Å². The van der Waals surface area contributed by atoms with Gasteiger partial charge in [0.1, 0.15) is 0 Å². The highest BCUT2D eigenvalue weighted by atomic mass is 16.2. The van der Waals surface area contributed by atoms with Crippen molar-refractivity contribution in [3.8, 4) is 0 Å². The molecule has 0 bridgehead atoms. The molecule has 84 valence electrons. The quantitative estimate of drug-likeness (QED) is 0.414. The summed E-state index contributed by atoms with van der Waals surface area (Å²) in [5.41, 5.74) is 0. The highest BCUT2D eigenvalue weighted by Crippen LogP contribution is 2.05. The standard InChI is InChI=1S/C13H26O/c1-2-3-4-5-6-7-8-9-10-11-12-13-14/h6-7,14H,2-5,8-13H2,1H3/b7-6-. The van der Waals surface area contributed by atoms with Crippen molar-refractivity contribution in [1.29, 1.82) is 0 Å². The van der Waals surface area contributed by atoms with Crippen LogP contribution in [0.5, 0.6) is 0 Å². The van der Waals surface area contributed by atoms with Gasteiger partial charge in [-0.05, 0) is 32.1 Å². The first kappa shape index (κ1) is 13.7. The smallest absolute Gasteiger partial charge is 0.0431 e. The normalized spacial score (nSPS) is 11.3. The Bertz CT molecular complexity index is 118. The highest BCUT2D eigenvalue weighted by Gasteiger charge is 1.87. The summed E-state index contributed by atoms with van der Waals surface area (Å²) < 4.78 is 0. The third kappa shape index (κ3) is 11.7. The van der Waals surface area contributed by atoms with E-state index in [1.807, 2.05) is 0 Å². The Morgan fingerprint density at radius 2 is 1.36 bits per heavy atom. The van der Waals surface area contributed by atoms with Gasteiger partial charge in [-0.25, -0.2) is 0 Å². The van der Waals surface area contributed by atoms with Crippen molar-refractivity contribution in [3.63, 3.8) is 0 Å². The molecular formula is C13H26O. The molecule has 0 aliphatic carbocycles. The molecule has 0 aromatic carbocycles. The first-order valence-electron chi connectivity index (χ1n) is 6.17. The van der Waals surface area contributed by atoms with Crippen LogP contribution in [0.15, 0.2) is 12.2 Å². The van der Waals surface area contributed by atoms with Crippen molar-refractivity contribution < 1.29 is 5.11 Å². The van der Waals surface area contributed by atoms with Gasteiger partial charge in [0.05, 0.1) is 0 Å². The first-order chi connectivity index (χ1) is 6.91. The zero-order chi connectivity index (χ0) is 10.5. The summed E-state index contributed by atoms with van der Waals surface area (Å²) in [6.07, 6.45) is 15.8. The summed E-state index contributed by atoms with van der Waals surface area (Å²) in [4.78, 5) is 0. The SMILES string of the molecule is CCCCC/C=C\CCCCCCO. The van der Waals surface area contributed by atoms with E-state index in [0.29, 0.717) is 6.61 Å². The van der Waals surface area contributed by atoms with Crippen LogP contribution < -0.4 is 0 Å². The molecule has 0 aliphatic heterocycles. The van der Waals surface area contributed by atoms with Gasteiger partial charge in [0.2, 0.25) is 0 Å². The Labute approximate surface area is 89.2 Å². The monoisotopic (exact) mass is 198 g/mol. The number of unbranched alkanes of at least 4 members (excludes halogenated alkanes) is 7. The summed E-state index contributed by atoms with van der Waals surface area (Å²) in [6.45, 7) is 2.59. The third-order valence-electron chi connectivity index (χ3n) is 2.42. The number of aliphatic hydroxyl groups is 1. The van der Waals surface area contributed by atoms with Crippen LogP contribution >= 0.6 is 0 Å². The minimum Gasteiger partial charge on any atom is -0.396 e. The largest absolute Gasteiger partial charge is 0.396 e. The minimum absolute atomic E-state index is 0.354. The van der Waals surface area contributed by atoms with Gasteiger partial charge in [0, 0.05) is 6.61 Å². The molecule has 0 aromatic heterocycles. The molecule has 0 saturated heterocycles. The summed E-state index contributed by atoms with van der Waals surface area (Å²) in [5.74, 6) is 0. The fourth-order valence-electron chi connectivity index (χ4n) is 1.48. The predicted octanol–water partition coefficient (Wildman–Crippen LogP) is 4.07. The van der Waals surface area contributed by atoms with Gasteiger partial charge in [-0.1, -0.05) is 44.8 Å². The maximum Gasteiger partial charge on any atom is 0.0431 e. The van der Waals surface area contributed by atoms with Crippen LogP contribution in [0.4, 0.5) is 0 Å². The number of rotatable bonds is 10. The van der Waals surface area contributed by atoms with Gasteiger partial charge < -0.3 is 5.11 Å². The molecule has 1 N–H and O–H groups in total. The Morgan fingerprint density at radius 1 is 0.786 bits per heavy atom. The van der Waals surface area contributed by atoms with Crippen molar-refractivity contribution in [2.24, 2.45) is 0 Å². The zero-order valence-electron chi connectivity index (χ0n) is 9.67.